The van der Waals surface area contributed by atoms with Crippen molar-refractivity contribution in [3.05, 3.63) is 69.9 Å². The van der Waals surface area contributed by atoms with E-state index in [2.05, 4.69) is 5.32 Å². The molecule has 25 heavy (non-hydrogen) atoms. The summed E-state index contributed by atoms with van der Waals surface area (Å²) in [7, 11) is 0. The van der Waals surface area contributed by atoms with Gasteiger partial charge in [-0.2, -0.15) is 0 Å². The van der Waals surface area contributed by atoms with Crippen LogP contribution in [0.15, 0.2) is 47.1 Å². The minimum Gasteiger partial charge on any atom is -0.467 e. The lowest BCUT2D eigenvalue weighted by molar-refractivity contribution is -0.385. The molecule has 8 heteroatoms. The molecule has 0 atom stereocenters. The first-order valence-electron chi connectivity index (χ1n) is 7.56. The minimum absolute atomic E-state index is 0.156. The smallest absolute Gasteiger partial charge is 0.279 e. The van der Waals surface area contributed by atoms with Crippen LogP contribution in [0.25, 0.3) is 6.08 Å². The van der Waals surface area contributed by atoms with Gasteiger partial charge in [-0.25, -0.2) is 4.39 Å². The first-order chi connectivity index (χ1) is 12.1. The second kappa shape index (κ2) is 9.33. The minimum atomic E-state index is -0.706. The topological polar surface area (TPSA) is 94.6 Å². The van der Waals surface area contributed by atoms with Gasteiger partial charge < -0.3 is 14.5 Å². The van der Waals surface area contributed by atoms with Crippen LogP contribution in [0.3, 0.4) is 0 Å². The summed E-state index contributed by atoms with van der Waals surface area (Å²) < 4.78 is 23.5. The highest BCUT2D eigenvalue weighted by Gasteiger charge is 2.12. The Balaban J connectivity index is 1.71. The molecule has 1 aromatic carbocycles. The van der Waals surface area contributed by atoms with Gasteiger partial charge in [-0.15, -0.1) is 0 Å². The molecule has 0 unspecified atom stereocenters. The summed E-state index contributed by atoms with van der Waals surface area (Å²) in [5.41, 5.74) is -0.237. The van der Waals surface area contributed by atoms with Crippen molar-refractivity contribution in [3.8, 4) is 0 Å². The van der Waals surface area contributed by atoms with Gasteiger partial charge in [0, 0.05) is 19.2 Å². The highest BCUT2D eigenvalue weighted by molar-refractivity contribution is 5.92. The fourth-order valence-corrected chi connectivity index (χ4v) is 1.99. The van der Waals surface area contributed by atoms with E-state index in [9.17, 15) is 19.3 Å². The number of benzene rings is 1. The summed E-state index contributed by atoms with van der Waals surface area (Å²) in [5.74, 6) is -0.375. The maximum Gasteiger partial charge on any atom is 0.279 e. The molecular weight excluding hydrogens is 331 g/mol. The molecule has 0 saturated heterocycles. The Morgan fingerprint density at radius 1 is 1.40 bits per heavy atom. The third kappa shape index (κ3) is 6.19. The van der Waals surface area contributed by atoms with E-state index in [0.717, 1.165) is 17.9 Å². The number of nitrogens with one attached hydrogen (secondary N) is 1. The summed E-state index contributed by atoms with van der Waals surface area (Å²) in [4.78, 5) is 21.8. The number of carbonyl (C=O) groups is 1. The highest BCUT2D eigenvalue weighted by Crippen LogP contribution is 2.20. The first-order valence-corrected chi connectivity index (χ1v) is 7.56. The zero-order valence-corrected chi connectivity index (χ0v) is 13.3. The van der Waals surface area contributed by atoms with E-state index in [0.29, 0.717) is 26.2 Å². The number of nitrogens with zero attached hydrogens (tertiary/aromatic N) is 1. The Hall–Kier alpha value is -3.00. The second-order valence-electron chi connectivity index (χ2n) is 5.07. The van der Waals surface area contributed by atoms with Crippen molar-refractivity contribution < 1.29 is 23.3 Å². The van der Waals surface area contributed by atoms with Crippen LogP contribution >= 0.6 is 0 Å². The van der Waals surface area contributed by atoms with E-state index in [1.54, 1.807) is 18.4 Å². The number of hydrogen-bond donors (Lipinski definition) is 1. The summed E-state index contributed by atoms with van der Waals surface area (Å²) in [5, 5.41) is 13.5. The van der Waals surface area contributed by atoms with Gasteiger partial charge in [-0.3, -0.25) is 14.9 Å². The molecular formula is C17H17FN2O5. The second-order valence-corrected chi connectivity index (χ2v) is 5.07. The molecule has 0 fully saturated rings. The zero-order valence-electron chi connectivity index (χ0n) is 13.3. The number of hydrogen-bond acceptors (Lipinski definition) is 5. The van der Waals surface area contributed by atoms with E-state index in [1.165, 1.54) is 18.2 Å². The zero-order chi connectivity index (χ0) is 18.1. The molecule has 0 aliphatic heterocycles. The Morgan fingerprint density at radius 3 is 2.96 bits per heavy atom. The van der Waals surface area contributed by atoms with Gasteiger partial charge in [0.05, 0.1) is 22.8 Å². The molecule has 1 heterocycles. The average molecular weight is 348 g/mol. The monoisotopic (exact) mass is 348 g/mol. The van der Waals surface area contributed by atoms with Crippen molar-refractivity contribution in [2.24, 2.45) is 0 Å². The van der Waals surface area contributed by atoms with E-state index < -0.39 is 22.3 Å². The molecule has 0 aliphatic carbocycles. The molecule has 1 aromatic heterocycles. The number of amides is 1. The number of nitro groups is 1. The summed E-state index contributed by atoms with van der Waals surface area (Å²) in [6.45, 7) is 1.22. The van der Waals surface area contributed by atoms with Gasteiger partial charge >= 0.3 is 0 Å². The normalized spacial score (nSPS) is 10.9. The maximum absolute atomic E-state index is 13.0. The molecule has 2 aromatic rings. The molecule has 2 rings (SSSR count). The predicted octanol–water partition coefficient (Wildman–Crippen LogP) is 3.06. The fraction of sp³-hybridized carbons (Fsp3) is 0.235. The lowest BCUT2D eigenvalue weighted by atomic mass is 10.1. The van der Waals surface area contributed by atoms with Crippen LogP contribution in [-0.2, 0) is 16.1 Å². The van der Waals surface area contributed by atoms with Crippen LogP contribution in [0.2, 0.25) is 0 Å². The third-order valence-corrected chi connectivity index (χ3v) is 3.19. The molecule has 7 nitrogen and oxygen atoms in total. The molecule has 0 bridgehead atoms. The van der Waals surface area contributed by atoms with Gasteiger partial charge in [0.15, 0.2) is 0 Å². The standard InChI is InChI=1S/C17H17FN2O5/c18-14-6-4-13(16(11-14)20(22)23)5-7-17(21)19-8-2-9-24-12-15-3-1-10-25-15/h1,3-7,10-11H,2,8-9,12H2,(H,19,21). The van der Waals surface area contributed by atoms with Crippen LogP contribution in [0.5, 0.6) is 0 Å². The number of nitro benzene ring substituents is 1. The maximum atomic E-state index is 13.0. The van der Waals surface area contributed by atoms with Crippen molar-refractivity contribution in [1.82, 2.24) is 5.32 Å². The number of halogens is 1. The van der Waals surface area contributed by atoms with E-state index in [-0.39, 0.29) is 5.56 Å². The molecule has 132 valence electrons. The molecule has 0 spiro atoms. The quantitative estimate of drug-likeness (QED) is 0.325. The lowest BCUT2D eigenvalue weighted by Gasteiger charge is -2.03. The number of ether oxygens (including phenoxy) is 1. The van der Waals surface area contributed by atoms with Crippen molar-refractivity contribution in [2.45, 2.75) is 13.0 Å². The van der Waals surface area contributed by atoms with Crippen molar-refractivity contribution in [1.29, 1.82) is 0 Å². The van der Waals surface area contributed by atoms with Crippen molar-refractivity contribution in [3.63, 3.8) is 0 Å². The first kappa shape index (κ1) is 18.3. The molecule has 0 radical (unpaired) electrons. The van der Waals surface area contributed by atoms with Gasteiger partial charge in [0.25, 0.3) is 5.69 Å². The van der Waals surface area contributed by atoms with Gasteiger partial charge in [0.2, 0.25) is 5.91 Å². The molecule has 1 N–H and O–H groups in total. The SMILES string of the molecule is O=C(C=Cc1ccc(F)cc1[N+](=O)[O-])NCCCOCc1ccco1. The van der Waals surface area contributed by atoms with Crippen LogP contribution in [0.4, 0.5) is 10.1 Å². The molecule has 0 aliphatic rings. The van der Waals surface area contributed by atoms with Crippen LogP contribution in [-0.4, -0.2) is 24.0 Å². The number of rotatable bonds is 9. The predicted molar refractivity (Wildman–Crippen MR) is 88.1 cm³/mol. The van der Waals surface area contributed by atoms with Crippen LogP contribution in [0, 0.1) is 15.9 Å². The van der Waals surface area contributed by atoms with Crippen LogP contribution in [0.1, 0.15) is 17.7 Å². The largest absolute Gasteiger partial charge is 0.467 e. The summed E-state index contributed by atoms with van der Waals surface area (Å²) >= 11 is 0. The Morgan fingerprint density at radius 2 is 2.24 bits per heavy atom. The Bertz CT molecular complexity index is 744. The molecule has 1 amide bonds. The highest BCUT2D eigenvalue weighted by atomic mass is 19.1. The van der Waals surface area contributed by atoms with Gasteiger partial charge in [0.1, 0.15) is 18.2 Å². The molecule has 0 saturated carbocycles. The Kier molecular flexibility index (Phi) is 6.85. The average Bonchev–Trinajstić information content (AvgIpc) is 3.10. The van der Waals surface area contributed by atoms with Crippen molar-refractivity contribution in [2.75, 3.05) is 13.2 Å². The van der Waals surface area contributed by atoms with E-state index >= 15 is 0 Å². The van der Waals surface area contributed by atoms with Crippen LogP contribution < -0.4 is 5.32 Å². The Labute approximate surface area is 143 Å². The third-order valence-electron chi connectivity index (χ3n) is 3.19. The summed E-state index contributed by atoms with van der Waals surface area (Å²) in [6.07, 6.45) is 4.62. The number of carbonyl (C=O) groups excluding carboxylic acids is 1. The number of furan rings is 1. The van der Waals surface area contributed by atoms with E-state index in [1.807, 2.05) is 0 Å². The van der Waals surface area contributed by atoms with Gasteiger partial charge in [-0.05, 0) is 36.8 Å². The summed E-state index contributed by atoms with van der Waals surface area (Å²) in [6, 6.07) is 6.74. The van der Waals surface area contributed by atoms with E-state index in [4.69, 9.17) is 9.15 Å². The van der Waals surface area contributed by atoms with Crippen molar-refractivity contribution >= 4 is 17.7 Å². The lowest BCUT2D eigenvalue weighted by Crippen LogP contribution is -2.23. The van der Waals surface area contributed by atoms with Gasteiger partial charge in [-0.1, -0.05) is 0 Å². The fourth-order valence-electron chi connectivity index (χ4n) is 1.99.